The van der Waals surface area contributed by atoms with Crippen LogP contribution in [0.2, 0.25) is 5.02 Å². The number of carbonyl (C=O) groups is 1. The molecule has 2 fully saturated rings. The van der Waals surface area contributed by atoms with E-state index in [1.807, 2.05) is 16.7 Å². The van der Waals surface area contributed by atoms with Crippen molar-refractivity contribution in [3.8, 4) is 0 Å². The SMILES string of the molecule is O=C(c1c[nH]c(=O)c(Cl)c1)N(CC1CCCO1)C1CCSC1. The predicted octanol–water partition coefficient (Wildman–Crippen LogP) is 2.16. The highest BCUT2D eigenvalue weighted by Gasteiger charge is 2.31. The summed E-state index contributed by atoms with van der Waals surface area (Å²) >= 11 is 7.72. The molecule has 0 saturated carbocycles. The molecule has 5 nitrogen and oxygen atoms in total. The average Bonchev–Trinajstić information content (AvgIpc) is 3.20. The summed E-state index contributed by atoms with van der Waals surface area (Å²) in [4.78, 5) is 28.6. The van der Waals surface area contributed by atoms with Crippen molar-refractivity contribution < 1.29 is 9.53 Å². The summed E-state index contributed by atoms with van der Waals surface area (Å²) < 4.78 is 5.69. The second-order valence-electron chi connectivity index (χ2n) is 5.68. The van der Waals surface area contributed by atoms with E-state index in [0.717, 1.165) is 37.4 Å². The molecule has 2 atom stereocenters. The normalized spacial score (nSPS) is 24.6. The molecule has 1 aromatic heterocycles. The lowest BCUT2D eigenvalue weighted by Gasteiger charge is -2.30. The van der Waals surface area contributed by atoms with E-state index in [2.05, 4.69) is 4.98 Å². The summed E-state index contributed by atoms with van der Waals surface area (Å²) in [6.07, 6.45) is 4.61. The molecule has 2 aliphatic rings. The first kappa shape index (κ1) is 15.9. The van der Waals surface area contributed by atoms with Crippen LogP contribution in [0.15, 0.2) is 17.1 Å². The molecule has 22 heavy (non-hydrogen) atoms. The van der Waals surface area contributed by atoms with Crippen molar-refractivity contribution in [2.24, 2.45) is 0 Å². The third-order valence-corrected chi connectivity index (χ3v) is 5.56. The molecule has 0 radical (unpaired) electrons. The molecule has 1 aromatic rings. The molecular formula is C15H19ClN2O3S. The number of halogens is 1. The molecule has 1 amide bonds. The van der Waals surface area contributed by atoms with Gasteiger partial charge in [-0.15, -0.1) is 0 Å². The van der Waals surface area contributed by atoms with Crippen molar-refractivity contribution in [2.75, 3.05) is 24.7 Å². The highest BCUT2D eigenvalue weighted by atomic mass is 35.5. The van der Waals surface area contributed by atoms with E-state index in [9.17, 15) is 9.59 Å². The Morgan fingerprint density at radius 3 is 3.00 bits per heavy atom. The molecule has 3 rings (SSSR count). The van der Waals surface area contributed by atoms with E-state index in [0.29, 0.717) is 12.1 Å². The highest BCUT2D eigenvalue weighted by molar-refractivity contribution is 7.99. The quantitative estimate of drug-likeness (QED) is 0.910. The van der Waals surface area contributed by atoms with Crippen LogP contribution in [-0.2, 0) is 4.74 Å². The zero-order valence-electron chi connectivity index (χ0n) is 12.2. The van der Waals surface area contributed by atoms with Crippen molar-refractivity contribution in [2.45, 2.75) is 31.4 Å². The Morgan fingerprint density at radius 1 is 1.50 bits per heavy atom. The van der Waals surface area contributed by atoms with Gasteiger partial charge in [-0.3, -0.25) is 9.59 Å². The number of hydrogen-bond donors (Lipinski definition) is 1. The Bertz CT molecular complexity index is 595. The first-order chi connectivity index (χ1) is 10.6. The van der Waals surface area contributed by atoms with Crippen molar-refractivity contribution in [3.63, 3.8) is 0 Å². The van der Waals surface area contributed by atoms with Crippen LogP contribution in [0.25, 0.3) is 0 Å². The van der Waals surface area contributed by atoms with Gasteiger partial charge >= 0.3 is 0 Å². The number of aromatic nitrogens is 1. The highest BCUT2D eigenvalue weighted by Crippen LogP contribution is 2.26. The number of nitrogens with zero attached hydrogens (tertiary/aromatic N) is 1. The fraction of sp³-hybridized carbons (Fsp3) is 0.600. The number of carbonyl (C=O) groups excluding carboxylic acids is 1. The maximum Gasteiger partial charge on any atom is 0.266 e. The van der Waals surface area contributed by atoms with Gasteiger partial charge in [-0.25, -0.2) is 0 Å². The van der Waals surface area contributed by atoms with Crippen LogP contribution in [0, 0.1) is 0 Å². The van der Waals surface area contributed by atoms with E-state index >= 15 is 0 Å². The fourth-order valence-corrected chi connectivity index (χ4v) is 4.31. The Labute approximate surface area is 138 Å². The fourth-order valence-electron chi connectivity index (χ4n) is 2.92. The number of thioether (sulfide) groups is 1. The van der Waals surface area contributed by atoms with E-state index in [-0.39, 0.29) is 28.6 Å². The largest absolute Gasteiger partial charge is 0.376 e. The van der Waals surface area contributed by atoms with Gasteiger partial charge in [0, 0.05) is 31.1 Å². The molecule has 3 heterocycles. The number of H-pyrrole nitrogens is 1. The number of aromatic amines is 1. The Morgan fingerprint density at radius 2 is 2.36 bits per heavy atom. The van der Waals surface area contributed by atoms with Crippen LogP contribution in [0.5, 0.6) is 0 Å². The average molecular weight is 343 g/mol. The van der Waals surface area contributed by atoms with E-state index in [1.165, 1.54) is 12.3 Å². The molecule has 0 bridgehead atoms. The summed E-state index contributed by atoms with van der Waals surface area (Å²) in [6, 6.07) is 1.68. The van der Waals surface area contributed by atoms with Crippen LogP contribution < -0.4 is 5.56 Å². The lowest BCUT2D eigenvalue weighted by atomic mass is 10.1. The van der Waals surface area contributed by atoms with Gasteiger partial charge in [0.2, 0.25) is 0 Å². The van der Waals surface area contributed by atoms with E-state index in [4.69, 9.17) is 16.3 Å². The maximum atomic E-state index is 12.9. The van der Waals surface area contributed by atoms with Crippen LogP contribution in [-0.4, -0.2) is 52.6 Å². The second kappa shape index (κ2) is 7.06. The predicted molar refractivity (Wildman–Crippen MR) is 87.8 cm³/mol. The van der Waals surface area contributed by atoms with Gasteiger partial charge in [-0.05, 0) is 31.1 Å². The summed E-state index contributed by atoms with van der Waals surface area (Å²) in [6.45, 7) is 1.39. The van der Waals surface area contributed by atoms with Gasteiger partial charge in [-0.2, -0.15) is 11.8 Å². The molecule has 2 saturated heterocycles. The van der Waals surface area contributed by atoms with Gasteiger partial charge < -0.3 is 14.6 Å². The van der Waals surface area contributed by atoms with Gasteiger partial charge in [0.05, 0.1) is 11.7 Å². The molecule has 7 heteroatoms. The number of pyridine rings is 1. The number of amides is 1. The van der Waals surface area contributed by atoms with Crippen LogP contribution in [0.3, 0.4) is 0 Å². The summed E-state index contributed by atoms with van der Waals surface area (Å²) in [5.41, 5.74) is 0.0554. The first-order valence-electron chi connectivity index (χ1n) is 7.53. The first-order valence-corrected chi connectivity index (χ1v) is 9.07. The van der Waals surface area contributed by atoms with Crippen molar-refractivity contribution in [1.82, 2.24) is 9.88 Å². The number of ether oxygens (including phenoxy) is 1. The third kappa shape index (κ3) is 3.50. The van der Waals surface area contributed by atoms with Gasteiger partial charge in [-0.1, -0.05) is 11.6 Å². The van der Waals surface area contributed by atoms with Crippen molar-refractivity contribution in [3.05, 3.63) is 33.2 Å². The van der Waals surface area contributed by atoms with Gasteiger partial charge in [0.1, 0.15) is 5.02 Å². The molecule has 2 aliphatic heterocycles. The molecule has 1 N–H and O–H groups in total. The molecular weight excluding hydrogens is 324 g/mol. The van der Waals surface area contributed by atoms with Gasteiger partial charge in [0.15, 0.2) is 0 Å². The molecule has 120 valence electrons. The monoisotopic (exact) mass is 342 g/mol. The molecule has 0 aliphatic carbocycles. The van der Waals surface area contributed by atoms with E-state index < -0.39 is 0 Å². The number of rotatable bonds is 4. The summed E-state index contributed by atoms with van der Waals surface area (Å²) in [7, 11) is 0. The zero-order valence-corrected chi connectivity index (χ0v) is 13.8. The maximum absolute atomic E-state index is 12.9. The standard InChI is InChI=1S/C15H19ClN2O3S/c16-13-6-10(7-17-14(13)19)15(20)18(11-3-5-22-9-11)8-12-2-1-4-21-12/h6-7,11-12H,1-5,8-9H2,(H,17,19). The minimum atomic E-state index is -0.375. The van der Waals surface area contributed by atoms with Crippen molar-refractivity contribution in [1.29, 1.82) is 0 Å². The smallest absolute Gasteiger partial charge is 0.266 e. The third-order valence-electron chi connectivity index (χ3n) is 4.14. The summed E-state index contributed by atoms with van der Waals surface area (Å²) in [5.74, 6) is 1.95. The van der Waals surface area contributed by atoms with Crippen molar-refractivity contribution >= 4 is 29.3 Å². The lowest BCUT2D eigenvalue weighted by Crippen LogP contribution is -2.44. The Hall–Kier alpha value is -0.980. The Balaban J connectivity index is 1.81. The number of hydrogen-bond acceptors (Lipinski definition) is 4. The van der Waals surface area contributed by atoms with Crippen LogP contribution >= 0.6 is 23.4 Å². The Kier molecular flexibility index (Phi) is 5.10. The van der Waals surface area contributed by atoms with Crippen LogP contribution in [0.4, 0.5) is 0 Å². The summed E-state index contributed by atoms with van der Waals surface area (Å²) in [5, 5.41) is 0.0451. The molecule has 2 unspecified atom stereocenters. The molecule has 0 spiro atoms. The van der Waals surface area contributed by atoms with E-state index in [1.54, 1.807) is 0 Å². The topological polar surface area (TPSA) is 62.4 Å². The van der Waals surface area contributed by atoms with Gasteiger partial charge in [0.25, 0.3) is 11.5 Å². The number of nitrogens with one attached hydrogen (secondary N) is 1. The molecule has 0 aromatic carbocycles. The van der Waals surface area contributed by atoms with Crippen LogP contribution in [0.1, 0.15) is 29.6 Å². The second-order valence-corrected chi connectivity index (χ2v) is 7.23. The zero-order chi connectivity index (χ0) is 15.5. The minimum absolute atomic E-state index is 0.0451. The lowest BCUT2D eigenvalue weighted by molar-refractivity contribution is 0.0441. The minimum Gasteiger partial charge on any atom is -0.376 e.